The first-order valence-electron chi connectivity index (χ1n) is 4.87. The molecule has 15 heavy (non-hydrogen) atoms. The first-order chi connectivity index (χ1) is 7.24. The molecule has 1 heterocycles. The van der Waals surface area contributed by atoms with Crippen LogP contribution in [0.25, 0.3) is 10.9 Å². The van der Waals surface area contributed by atoms with Crippen molar-refractivity contribution >= 4 is 38.4 Å². The van der Waals surface area contributed by atoms with Gasteiger partial charge in [-0.3, -0.25) is 0 Å². The van der Waals surface area contributed by atoms with Crippen molar-refractivity contribution in [2.75, 3.05) is 0 Å². The fourth-order valence-corrected chi connectivity index (χ4v) is 2.29. The molecule has 0 atom stereocenters. The van der Waals surface area contributed by atoms with Gasteiger partial charge >= 0.3 is 0 Å². The highest BCUT2D eigenvalue weighted by molar-refractivity contribution is 9.10. The van der Waals surface area contributed by atoms with Crippen LogP contribution in [-0.4, -0.2) is 9.97 Å². The summed E-state index contributed by atoms with van der Waals surface area (Å²) < 4.78 is 0.867. The molecular weight excluding hydrogens is 275 g/mol. The van der Waals surface area contributed by atoms with E-state index in [1.807, 2.05) is 18.2 Å². The van der Waals surface area contributed by atoms with Crippen LogP contribution in [0.5, 0.6) is 0 Å². The lowest BCUT2D eigenvalue weighted by Crippen LogP contribution is -1.94. The first-order valence-corrected chi connectivity index (χ1v) is 6.04. The quantitative estimate of drug-likeness (QED) is 0.741. The Morgan fingerprint density at radius 1 is 1.27 bits per heavy atom. The molecule has 2 nitrogen and oxygen atoms in total. The summed E-state index contributed by atoms with van der Waals surface area (Å²) in [6, 6.07) is 5.68. The van der Waals surface area contributed by atoms with Crippen molar-refractivity contribution in [3.05, 3.63) is 33.6 Å². The van der Waals surface area contributed by atoms with Crippen LogP contribution in [0.3, 0.4) is 0 Å². The van der Waals surface area contributed by atoms with E-state index in [-0.39, 0.29) is 0 Å². The van der Waals surface area contributed by atoms with E-state index in [1.165, 1.54) is 12.8 Å². The molecule has 2 aromatic rings. The van der Waals surface area contributed by atoms with Gasteiger partial charge < -0.3 is 0 Å². The number of rotatable bonds is 1. The van der Waals surface area contributed by atoms with Crippen molar-refractivity contribution < 1.29 is 0 Å². The minimum absolute atomic E-state index is 0.560. The maximum Gasteiger partial charge on any atom is 0.133 e. The van der Waals surface area contributed by atoms with Crippen molar-refractivity contribution in [3.8, 4) is 0 Å². The van der Waals surface area contributed by atoms with Gasteiger partial charge in [0.15, 0.2) is 0 Å². The molecule has 0 radical (unpaired) electrons. The molecule has 1 aromatic heterocycles. The minimum Gasteiger partial charge on any atom is -0.232 e. The Morgan fingerprint density at radius 3 is 2.80 bits per heavy atom. The first kappa shape index (κ1) is 9.55. The monoisotopic (exact) mass is 282 g/mol. The lowest BCUT2D eigenvalue weighted by molar-refractivity contribution is 0.938. The number of hydrogen-bond donors (Lipinski definition) is 0. The molecule has 0 unspecified atom stereocenters. The summed E-state index contributed by atoms with van der Waals surface area (Å²) in [6.45, 7) is 0. The second kappa shape index (κ2) is 3.42. The molecule has 1 aliphatic carbocycles. The van der Waals surface area contributed by atoms with Gasteiger partial charge in [-0.25, -0.2) is 9.97 Å². The molecule has 0 spiro atoms. The zero-order valence-corrected chi connectivity index (χ0v) is 10.2. The highest BCUT2D eigenvalue weighted by Crippen LogP contribution is 2.39. The van der Waals surface area contributed by atoms with E-state index in [2.05, 4.69) is 25.9 Å². The summed E-state index contributed by atoms with van der Waals surface area (Å²) in [5.74, 6) is 1.50. The second-order valence-corrected chi connectivity index (χ2v) is 5.00. The highest BCUT2D eigenvalue weighted by atomic mass is 79.9. The Hall–Kier alpha value is -0.670. The maximum absolute atomic E-state index is 5.94. The lowest BCUT2D eigenvalue weighted by atomic mass is 10.2. The molecule has 1 saturated carbocycles. The summed E-state index contributed by atoms with van der Waals surface area (Å²) in [5.41, 5.74) is 0.922. The van der Waals surface area contributed by atoms with E-state index in [0.29, 0.717) is 5.92 Å². The van der Waals surface area contributed by atoms with Gasteiger partial charge in [-0.1, -0.05) is 11.6 Å². The van der Waals surface area contributed by atoms with E-state index in [0.717, 1.165) is 26.4 Å². The third kappa shape index (κ3) is 1.74. The molecule has 0 saturated heterocycles. The van der Waals surface area contributed by atoms with Gasteiger partial charge in [-0.15, -0.1) is 0 Å². The van der Waals surface area contributed by atoms with Crippen LogP contribution in [0, 0.1) is 0 Å². The average molecular weight is 284 g/mol. The van der Waals surface area contributed by atoms with Crippen LogP contribution < -0.4 is 0 Å². The standard InChI is InChI=1S/C11H8BrClN2/c12-10-8-4-3-7(13)5-9(8)14-11(15-10)6-1-2-6/h3-6H,1-2H2. The number of fused-ring (bicyclic) bond motifs is 1. The molecular formula is C11H8BrClN2. The van der Waals surface area contributed by atoms with Gasteiger partial charge in [0.25, 0.3) is 0 Å². The van der Waals surface area contributed by atoms with Crippen molar-refractivity contribution in [2.24, 2.45) is 0 Å². The number of benzene rings is 1. The predicted molar refractivity (Wildman–Crippen MR) is 64.2 cm³/mol. The topological polar surface area (TPSA) is 25.8 Å². The van der Waals surface area contributed by atoms with E-state index in [4.69, 9.17) is 11.6 Å². The van der Waals surface area contributed by atoms with Crippen molar-refractivity contribution in [1.82, 2.24) is 9.97 Å². The highest BCUT2D eigenvalue weighted by Gasteiger charge is 2.27. The van der Waals surface area contributed by atoms with Crippen molar-refractivity contribution in [3.63, 3.8) is 0 Å². The molecule has 1 fully saturated rings. The third-order valence-electron chi connectivity index (χ3n) is 2.57. The summed E-state index contributed by atoms with van der Waals surface area (Å²) in [6.07, 6.45) is 2.41. The van der Waals surface area contributed by atoms with Crippen LogP contribution in [0.15, 0.2) is 22.8 Å². The van der Waals surface area contributed by atoms with Gasteiger partial charge in [0.1, 0.15) is 10.4 Å². The smallest absolute Gasteiger partial charge is 0.133 e. The molecule has 1 aromatic carbocycles. The Morgan fingerprint density at radius 2 is 2.07 bits per heavy atom. The fraction of sp³-hybridized carbons (Fsp3) is 0.273. The van der Waals surface area contributed by atoms with Gasteiger partial charge in [-0.2, -0.15) is 0 Å². The number of halogens is 2. The second-order valence-electron chi connectivity index (χ2n) is 3.81. The third-order valence-corrected chi connectivity index (χ3v) is 3.41. The average Bonchev–Trinajstić information content (AvgIpc) is 2.99. The Labute approximate surface area is 101 Å². The molecule has 3 rings (SSSR count). The van der Waals surface area contributed by atoms with Crippen LogP contribution in [-0.2, 0) is 0 Å². The number of hydrogen-bond acceptors (Lipinski definition) is 2. The summed E-state index contributed by atoms with van der Waals surface area (Å²) in [7, 11) is 0. The van der Waals surface area contributed by atoms with Crippen LogP contribution in [0.1, 0.15) is 24.6 Å². The fourth-order valence-electron chi connectivity index (χ4n) is 1.61. The lowest BCUT2D eigenvalue weighted by Gasteiger charge is -2.03. The van der Waals surface area contributed by atoms with Gasteiger partial charge in [-0.05, 0) is 47.0 Å². The van der Waals surface area contributed by atoms with Crippen LogP contribution in [0.2, 0.25) is 5.02 Å². The van der Waals surface area contributed by atoms with Gasteiger partial charge in [0, 0.05) is 16.3 Å². The minimum atomic E-state index is 0.560. The molecule has 0 amide bonds. The molecule has 4 heteroatoms. The Kier molecular flexibility index (Phi) is 2.18. The normalized spacial score (nSPS) is 15.9. The van der Waals surface area contributed by atoms with E-state index < -0.39 is 0 Å². The largest absolute Gasteiger partial charge is 0.232 e. The molecule has 0 aliphatic heterocycles. The van der Waals surface area contributed by atoms with Gasteiger partial charge in [0.05, 0.1) is 5.52 Å². The summed E-state index contributed by atoms with van der Waals surface area (Å²) in [5, 5.41) is 1.73. The molecule has 76 valence electrons. The molecule has 1 aliphatic rings. The summed E-state index contributed by atoms with van der Waals surface area (Å²) >= 11 is 9.42. The van der Waals surface area contributed by atoms with E-state index >= 15 is 0 Å². The zero-order chi connectivity index (χ0) is 10.4. The number of nitrogens with zero attached hydrogens (tertiary/aromatic N) is 2. The van der Waals surface area contributed by atoms with Gasteiger partial charge in [0.2, 0.25) is 0 Å². The van der Waals surface area contributed by atoms with E-state index in [9.17, 15) is 0 Å². The van der Waals surface area contributed by atoms with Crippen molar-refractivity contribution in [1.29, 1.82) is 0 Å². The zero-order valence-electron chi connectivity index (χ0n) is 7.87. The van der Waals surface area contributed by atoms with Crippen LogP contribution in [0.4, 0.5) is 0 Å². The Balaban J connectivity index is 2.27. The summed E-state index contributed by atoms with van der Waals surface area (Å²) in [4.78, 5) is 8.99. The molecule has 0 N–H and O–H groups in total. The maximum atomic E-state index is 5.94. The van der Waals surface area contributed by atoms with Crippen molar-refractivity contribution in [2.45, 2.75) is 18.8 Å². The number of aromatic nitrogens is 2. The van der Waals surface area contributed by atoms with Crippen LogP contribution >= 0.6 is 27.5 Å². The predicted octanol–water partition coefficient (Wildman–Crippen LogP) is 3.92. The van der Waals surface area contributed by atoms with E-state index in [1.54, 1.807) is 0 Å². The SMILES string of the molecule is Clc1ccc2c(Br)nc(C3CC3)nc2c1. The molecule has 0 bridgehead atoms. The Bertz CT molecular complexity index is 537.